The lowest BCUT2D eigenvalue weighted by molar-refractivity contribution is -0.137. The average Bonchev–Trinajstić information content (AvgIpc) is 2.78. The molecule has 164 valence electrons. The molecule has 0 atom stereocenters. The van der Waals surface area contributed by atoms with Crippen LogP contribution in [-0.4, -0.2) is 23.2 Å². The van der Waals surface area contributed by atoms with Crippen LogP contribution in [0.3, 0.4) is 0 Å². The van der Waals surface area contributed by atoms with Crippen LogP contribution >= 0.6 is 0 Å². The van der Waals surface area contributed by atoms with Crippen LogP contribution in [0.5, 0.6) is 5.75 Å². The van der Waals surface area contributed by atoms with Gasteiger partial charge in [0.25, 0.3) is 5.91 Å². The Bertz CT molecular complexity index is 1140. The van der Waals surface area contributed by atoms with Crippen LogP contribution < -0.4 is 10.2 Å². The first-order valence-corrected chi connectivity index (χ1v) is 9.28. The molecule has 0 saturated heterocycles. The molecule has 3 aromatic rings. The number of nitrogens with zero attached hydrogens (tertiary/aromatic N) is 1. The minimum absolute atomic E-state index is 0.160. The Hall–Kier alpha value is -4.14. The molecule has 0 aliphatic heterocycles. The van der Waals surface area contributed by atoms with Crippen LogP contribution in [0.2, 0.25) is 0 Å². The van der Waals surface area contributed by atoms with Crippen molar-refractivity contribution in [1.29, 1.82) is 0 Å². The Morgan fingerprint density at radius 2 is 1.66 bits per heavy atom. The predicted molar refractivity (Wildman–Crippen MR) is 111 cm³/mol. The highest BCUT2D eigenvalue weighted by Gasteiger charge is 2.30. The second kappa shape index (κ2) is 9.78. The summed E-state index contributed by atoms with van der Waals surface area (Å²) in [7, 11) is 0. The van der Waals surface area contributed by atoms with Crippen LogP contribution in [0, 0.1) is 0 Å². The number of hydrogen-bond acceptors (Lipinski definition) is 4. The van der Waals surface area contributed by atoms with Crippen molar-refractivity contribution in [2.75, 3.05) is 0 Å². The number of halogens is 3. The maximum Gasteiger partial charge on any atom is 0.416 e. The van der Waals surface area contributed by atoms with Crippen LogP contribution in [0.15, 0.2) is 77.9 Å². The van der Waals surface area contributed by atoms with Crippen molar-refractivity contribution in [3.63, 3.8) is 0 Å². The number of carbonyl (C=O) groups excluding carboxylic acids is 1. The van der Waals surface area contributed by atoms with E-state index in [0.29, 0.717) is 16.9 Å². The third-order valence-electron chi connectivity index (χ3n) is 4.29. The van der Waals surface area contributed by atoms with Crippen LogP contribution in [0.1, 0.15) is 37.4 Å². The fourth-order valence-electron chi connectivity index (χ4n) is 2.68. The molecule has 0 fully saturated rings. The average molecular weight is 442 g/mol. The van der Waals surface area contributed by atoms with Gasteiger partial charge in [-0.15, -0.1) is 0 Å². The standard InChI is InChI=1S/C23H17F3N2O4/c24-23(25,26)19-6-2-4-17(12-19)21(29)28-27-13-15-7-9-20(10-8-15)32-14-16-3-1-5-18(11-16)22(30)31/h1-13H,14H2,(H,28,29)(H,30,31)/b27-13-. The van der Waals surface area contributed by atoms with Crippen molar-refractivity contribution in [2.45, 2.75) is 12.8 Å². The molecule has 0 unspecified atom stereocenters. The zero-order chi connectivity index (χ0) is 23.1. The summed E-state index contributed by atoms with van der Waals surface area (Å²) in [6.07, 6.45) is -3.20. The zero-order valence-electron chi connectivity index (χ0n) is 16.5. The first-order chi connectivity index (χ1) is 15.2. The molecule has 0 heterocycles. The first kappa shape index (κ1) is 22.5. The summed E-state index contributed by atoms with van der Waals surface area (Å²) < 4.78 is 43.9. The molecular formula is C23H17F3N2O4. The molecule has 0 aromatic heterocycles. The van der Waals surface area contributed by atoms with E-state index < -0.39 is 23.6 Å². The maximum atomic E-state index is 12.7. The Labute approximate surface area is 181 Å². The monoisotopic (exact) mass is 442 g/mol. The second-order valence-corrected chi connectivity index (χ2v) is 6.64. The number of hydrogen-bond donors (Lipinski definition) is 2. The molecule has 3 rings (SSSR count). The molecule has 32 heavy (non-hydrogen) atoms. The summed E-state index contributed by atoms with van der Waals surface area (Å²) in [5.41, 5.74) is 2.60. The lowest BCUT2D eigenvalue weighted by atomic mass is 10.1. The Balaban J connectivity index is 1.55. The molecule has 0 saturated carbocycles. The van der Waals surface area contributed by atoms with E-state index >= 15 is 0 Å². The number of ether oxygens (including phenoxy) is 1. The highest BCUT2D eigenvalue weighted by molar-refractivity contribution is 5.95. The first-order valence-electron chi connectivity index (χ1n) is 9.28. The van der Waals surface area contributed by atoms with Gasteiger partial charge in [-0.2, -0.15) is 18.3 Å². The number of benzene rings is 3. The smallest absolute Gasteiger partial charge is 0.416 e. The van der Waals surface area contributed by atoms with Gasteiger partial charge in [0.1, 0.15) is 12.4 Å². The normalized spacial score (nSPS) is 11.3. The fraction of sp³-hybridized carbons (Fsp3) is 0.0870. The largest absolute Gasteiger partial charge is 0.489 e. The summed E-state index contributed by atoms with van der Waals surface area (Å²) in [5.74, 6) is -1.25. The van der Waals surface area contributed by atoms with Gasteiger partial charge in [-0.3, -0.25) is 4.79 Å². The van der Waals surface area contributed by atoms with Crippen LogP contribution in [-0.2, 0) is 12.8 Å². The van der Waals surface area contributed by atoms with E-state index in [0.717, 1.165) is 18.2 Å². The molecule has 9 heteroatoms. The van der Waals surface area contributed by atoms with Gasteiger partial charge in [-0.05, 0) is 65.7 Å². The lowest BCUT2D eigenvalue weighted by Crippen LogP contribution is -2.18. The van der Waals surface area contributed by atoms with Gasteiger partial charge >= 0.3 is 12.1 Å². The quantitative estimate of drug-likeness (QED) is 0.409. The third-order valence-corrected chi connectivity index (χ3v) is 4.29. The number of alkyl halides is 3. The van der Waals surface area contributed by atoms with E-state index in [-0.39, 0.29) is 17.7 Å². The van der Waals surface area contributed by atoms with E-state index in [2.05, 4.69) is 10.5 Å². The summed E-state index contributed by atoms with van der Waals surface area (Å²) in [6.45, 7) is 0.182. The molecular weight excluding hydrogens is 425 g/mol. The molecule has 1 amide bonds. The molecule has 0 aliphatic rings. The summed E-state index contributed by atoms with van der Waals surface area (Å²) in [6, 6.07) is 17.1. The molecule has 0 spiro atoms. The third kappa shape index (κ3) is 6.18. The summed E-state index contributed by atoms with van der Waals surface area (Å²) in [4.78, 5) is 23.0. The van der Waals surface area contributed by atoms with Gasteiger partial charge in [0.15, 0.2) is 0 Å². The number of carbonyl (C=O) groups is 2. The minimum Gasteiger partial charge on any atom is -0.489 e. The van der Waals surface area contributed by atoms with E-state index in [1.807, 2.05) is 0 Å². The van der Waals surface area contributed by atoms with Crippen molar-refractivity contribution in [1.82, 2.24) is 5.43 Å². The molecule has 0 radical (unpaired) electrons. The number of amides is 1. The number of aromatic carboxylic acids is 1. The van der Waals surface area contributed by atoms with Crippen molar-refractivity contribution < 1.29 is 32.6 Å². The van der Waals surface area contributed by atoms with Gasteiger partial charge < -0.3 is 9.84 Å². The van der Waals surface area contributed by atoms with Gasteiger partial charge in [-0.25, -0.2) is 10.2 Å². The molecule has 3 aromatic carbocycles. The fourth-order valence-corrected chi connectivity index (χ4v) is 2.68. The summed E-state index contributed by atoms with van der Waals surface area (Å²) >= 11 is 0. The molecule has 2 N–H and O–H groups in total. The van der Waals surface area contributed by atoms with Gasteiger partial charge in [0.2, 0.25) is 0 Å². The molecule has 0 bridgehead atoms. The summed E-state index contributed by atoms with van der Waals surface area (Å²) in [5, 5.41) is 12.8. The van der Waals surface area contributed by atoms with E-state index in [1.54, 1.807) is 36.4 Å². The zero-order valence-corrected chi connectivity index (χ0v) is 16.5. The Kier molecular flexibility index (Phi) is 6.89. The second-order valence-electron chi connectivity index (χ2n) is 6.64. The van der Waals surface area contributed by atoms with Gasteiger partial charge in [-0.1, -0.05) is 18.2 Å². The van der Waals surface area contributed by atoms with E-state index in [4.69, 9.17) is 9.84 Å². The van der Waals surface area contributed by atoms with Crippen molar-refractivity contribution >= 4 is 18.1 Å². The van der Waals surface area contributed by atoms with Gasteiger partial charge in [0.05, 0.1) is 17.3 Å². The van der Waals surface area contributed by atoms with E-state index in [9.17, 15) is 22.8 Å². The maximum absolute atomic E-state index is 12.7. The predicted octanol–water partition coefficient (Wildman–Crippen LogP) is 4.75. The highest BCUT2D eigenvalue weighted by Crippen LogP contribution is 2.29. The van der Waals surface area contributed by atoms with Crippen LogP contribution in [0.4, 0.5) is 13.2 Å². The number of carboxylic acids is 1. The Morgan fingerprint density at radius 1 is 0.969 bits per heavy atom. The molecule has 6 nitrogen and oxygen atoms in total. The molecule has 0 aliphatic carbocycles. The topological polar surface area (TPSA) is 88.0 Å². The van der Waals surface area contributed by atoms with Crippen molar-refractivity contribution in [3.8, 4) is 5.75 Å². The van der Waals surface area contributed by atoms with Crippen molar-refractivity contribution in [2.24, 2.45) is 5.10 Å². The van der Waals surface area contributed by atoms with Crippen LogP contribution in [0.25, 0.3) is 0 Å². The number of hydrazone groups is 1. The SMILES string of the molecule is O=C(O)c1cccc(COc2ccc(/C=N\NC(=O)c3cccc(C(F)(F)F)c3)cc2)c1. The Morgan fingerprint density at radius 3 is 2.34 bits per heavy atom. The van der Waals surface area contributed by atoms with E-state index in [1.165, 1.54) is 24.4 Å². The minimum atomic E-state index is -4.54. The highest BCUT2D eigenvalue weighted by atomic mass is 19.4. The van der Waals surface area contributed by atoms with Gasteiger partial charge in [0, 0.05) is 5.56 Å². The number of carboxylic acid groups (broad SMARTS) is 1. The van der Waals surface area contributed by atoms with Crippen molar-refractivity contribution in [3.05, 3.63) is 101 Å². The number of rotatable bonds is 7. The number of nitrogens with one attached hydrogen (secondary N) is 1. The lowest BCUT2D eigenvalue weighted by Gasteiger charge is -2.08.